The van der Waals surface area contributed by atoms with Gasteiger partial charge in [-0.15, -0.1) is 0 Å². The van der Waals surface area contributed by atoms with Crippen LogP contribution in [0.5, 0.6) is 0 Å². The van der Waals surface area contributed by atoms with Crippen LogP contribution in [0.4, 0.5) is 17.6 Å². The van der Waals surface area contributed by atoms with Crippen LogP contribution < -0.4 is 5.73 Å². The summed E-state index contributed by atoms with van der Waals surface area (Å²) >= 11 is 5.96. The average Bonchev–Trinajstić information content (AvgIpc) is 2.37. The first kappa shape index (κ1) is 14.8. The Hall–Kier alpha value is -1.59. The van der Waals surface area contributed by atoms with E-state index < -0.39 is 23.6 Å². The summed E-state index contributed by atoms with van der Waals surface area (Å²) in [5.74, 6) is -1.35. The average molecular weight is 304 g/mol. The van der Waals surface area contributed by atoms with Gasteiger partial charge in [0.25, 0.3) is 0 Å². The van der Waals surface area contributed by atoms with E-state index in [-0.39, 0.29) is 5.56 Å². The lowest BCUT2D eigenvalue weighted by Gasteiger charge is -2.16. The first-order valence-corrected chi connectivity index (χ1v) is 6.05. The molecule has 0 aliphatic rings. The quantitative estimate of drug-likeness (QED) is 0.810. The minimum Gasteiger partial charge on any atom is -0.320 e. The summed E-state index contributed by atoms with van der Waals surface area (Å²) in [5, 5.41) is 0.375. The summed E-state index contributed by atoms with van der Waals surface area (Å²) in [6.45, 7) is 0. The molecule has 0 saturated carbocycles. The highest BCUT2D eigenvalue weighted by molar-refractivity contribution is 6.31. The number of nitrogens with two attached hydrogens (primary N) is 1. The maximum atomic E-state index is 13.5. The summed E-state index contributed by atoms with van der Waals surface area (Å²) in [6.07, 6.45) is -4.73. The topological polar surface area (TPSA) is 26.0 Å². The highest BCUT2D eigenvalue weighted by Gasteiger charge is 2.34. The Morgan fingerprint density at radius 2 is 1.70 bits per heavy atom. The van der Waals surface area contributed by atoms with Crippen LogP contribution in [0.3, 0.4) is 0 Å². The Kier molecular flexibility index (Phi) is 4.01. The predicted molar refractivity (Wildman–Crippen MR) is 68.9 cm³/mol. The molecule has 0 aromatic heterocycles. The smallest absolute Gasteiger partial charge is 0.320 e. The highest BCUT2D eigenvalue weighted by atomic mass is 35.5. The van der Waals surface area contributed by atoms with E-state index in [1.807, 2.05) is 0 Å². The van der Waals surface area contributed by atoms with Gasteiger partial charge in [0.2, 0.25) is 0 Å². The molecule has 0 heterocycles. The van der Waals surface area contributed by atoms with Crippen molar-refractivity contribution in [2.75, 3.05) is 0 Å². The molecular weight excluding hydrogens is 294 g/mol. The van der Waals surface area contributed by atoms with Gasteiger partial charge in [-0.25, -0.2) is 4.39 Å². The number of hydrogen-bond acceptors (Lipinski definition) is 1. The van der Waals surface area contributed by atoms with Crippen LogP contribution in [0.25, 0.3) is 0 Å². The van der Waals surface area contributed by atoms with Gasteiger partial charge in [-0.05, 0) is 29.3 Å². The Bertz CT molecular complexity index is 625. The normalized spacial score (nSPS) is 13.3. The van der Waals surface area contributed by atoms with E-state index in [1.165, 1.54) is 0 Å². The molecular formula is C14H10ClF4N. The summed E-state index contributed by atoms with van der Waals surface area (Å²) in [4.78, 5) is 0. The van der Waals surface area contributed by atoms with Crippen molar-refractivity contribution in [2.24, 2.45) is 5.73 Å². The summed E-state index contributed by atoms with van der Waals surface area (Å²) in [7, 11) is 0. The lowest BCUT2D eigenvalue weighted by Crippen LogP contribution is -2.14. The van der Waals surface area contributed by atoms with Gasteiger partial charge in [0.15, 0.2) is 0 Å². The van der Waals surface area contributed by atoms with E-state index in [0.717, 1.165) is 12.1 Å². The Morgan fingerprint density at radius 1 is 1.05 bits per heavy atom. The highest BCUT2D eigenvalue weighted by Crippen LogP contribution is 2.33. The van der Waals surface area contributed by atoms with E-state index in [0.29, 0.717) is 16.7 Å². The van der Waals surface area contributed by atoms with Crippen molar-refractivity contribution in [1.82, 2.24) is 0 Å². The van der Waals surface area contributed by atoms with Gasteiger partial charge < -0.3 is 5.73 Å². The van der Waals surface area contributed by atoms with Crippen molar-refractivity contribution in [2.45, 2.75) is 12.2 Å². The maximum absolute atomic E-state index is 13.5. The van der Waals surface area contributed by atoms with Crippen LogP contribution in [0.1, 0.15) is 22.7 Å². The summed E-state index contributed by atoms with van der Waals surface area (Å²) in [6, 6.07) is 8.48. The molecule has 0 bridgehead atoms. The lowest BCUT2D eigenvalue weighted by molar-refractivity contribution is -0.140. The van der Waals surface area contributed by atoms with E-state index in [1.54, 1.807) is 24.3 Å². The molecule has 6 heteroatoms. The largest absolute Gasteiger partial charge is 0.419 e. The monoisotopic (exact) mass is 303 g/mol. The zero-order valence-electron chi connectivity index (χ0n) is 10.1. The zero-order chi connectivity index (χ0) is 14.9. The van der Waals surface area contributed by atoms with Gasteiger partial charge in [-0.1, -0.05) is 35.9 Å². The van der Waals surface area contributed by atoms with Gasteiger partial charge in [0, 0.05) is 5.02 Å². The molecule has 0 aliphatic heterocycles. The van der Waals surface area contributed by atoms with E-state index >= 15 is 0 Å². The van der Waals surface area contributed by atoms with Gasteiger partial charge in [0.1, 0.15) is 5.82 Å². The third-order valence-electron chi connectivity index (χ3n) is 2.90. The SMILES string of the molecule is NC(c1ccc(C(F)(F)F)c(F)c1)c1ccccc1Cl. The van der Waals surface area contributed by atoms with Crippen LogP contribution in [0.2, 0.25) is 5.02 Å². The van der Waals surface area contributed by atoms with Crippen LogP contribution >= 0.6 is 11.6 Å². The fourth-order valence-corrected chi connectivity index (χ4v) is 2.11. The van der Waals surface area contributed by atoms with Crippen LogP contribution in [-0.2, 0) is 6.18 Å². The first-order valence-electron chi connectivity index (χ1n) is 5.67. The molecule has 2 rings (SSSR count). The molecule has 2 aromatic rings. The zero-order valence-corrected chi connectivity index (χ0v) is 10.8. The molecule has 0 fully saturated rings. The Morgan fingerprint density at radius 3 is 2.25 bits per heavy atom. The number of benzene rings is 2. The van der Waals surface area contributed by atoms with Gasteiger partial charge in [0.05, 0.1) is 11.6 Å². The van der Waals surface area contributed by atoms with Crippen molar-refractivity contribution in [3.8, 4) is 0 Å². The molecule has 1 nitrogen and oxygen atoms in total. The van der Waals surface area contributed by atoms with E-state index in [2.05, 4.69) is 0 Å². The minimum absolute atomic E-state index is 0.226. The first-order chi connectivity index (χ1) is 9.30. The Labute approximate surface area is 118 Å². The molecule has 0 spiro atoms. The van der Waals surface area contributed by atoms with Gasteiger partial charge in [-0.2, -0.15) is 13.2 Å². The number of rotatable bonds is 2. The van der Waals surface area contributed by atoms with Crippen molar-refractivity contribution >= 4 is 11.6 Å². The van der Waals surface area contributed by atoms with Crippen molar-refractivity contribution in [1.29, 1.82) is 0 Å². The predicted octanol–water partition coefficient (Wildman–Crippen LogP) is 4.55. The standard InChI is InChI=1S/C14H10ClF4N/c15-11-4-2-1-3-9(11)13(20)8-5-6-10(12(16)7-8)14(17,18)19/h1-7,13H,20H2. The molecule has 1 unspecified atom stereocenters. The third kappa shape index (κ3) is 2.94. The molecule has 2 N–H and O–H groups in total. The maximum Gasteiger partial charge on any atom is 0.419 e. The molecule has 0 radical (unpaired) electrons. The van der Waals surface area contributed by atoms with E-state index in [9.17, 15) is 17.6 Å². The van der Waals surface area contributed by atoms with Gasteiger partial charge >= 0.3 is 6.18 Å². The van der Waals surface area contributed by atoms with Crippen molar-refractivity contribution in [3.63, 3.8) is 0 Å². The second kappa shape index (κ2) is 5.42. The number of hydrogen-bond donors (Lipinski definition) is 1. The molecule has 0 aliphatic carbocycles. The lowest BCUT2D eigenvalue weighted by atomic mass is 9.98. The molecule has 1 atom stereocenters. The van der Waals surface area contributed by atoms with Crippen LogP contribution in [0, 0.1) is 5.82 Å². The third-order valence-corrected chi connectivity index (χ3v) is 3.24. The molecule has 106 valence electrons. The number of alkyl halides is 3. The fourth-order valence-electron chi connectivity index (χ4n) is 1.86. The van der Waals surface area contributed by atoms with E-state index in [4.69, 9.17) is 17.3 Å². The fraction of sp³-hybridized carbons (Fsp3) is 0.143. The Balaban J connectivity index is 2.40. The van der Waals surface area contributed by atoms with Gasteiger partial charge in [-0.3, -0.25) is 0 Å². The summed E-state index contributed by atoms with van der Waals surface area (Å²) in [5.41, 5.74) is 5.35. The second-order valence-electron chi connectivity index (χ2n) is 4.24. The van der Waals surface area contributed by atoms with Crippen LogP contribution in [-0.4, -0.2) is 0 Å². The minimum atomic E-state index is -4.73. The van der Waals surface area contributed by atoms with Crippen molar-refractivity contribution in [3.05, 3.63) is 70.0 Å². The summed E-state index contributed by atoms with van der Waals surface area (Å²) < 4.78 is 50.9. The van der Waals surface area contributed by atoms with Crippen molar-refractivity contribution < 1.29 is 17.6 Å². The molecule has 0 amide bonds. The van der Waals surface area contributed by atoms with Crippen LogP contribution in [0.15, 0.2) is 42.5 Å². The molecule has 20 heavy (non-hydrogen) atoms. The second-order valence-corrected chi connectivity index (χ2v) is 4.64. The molecule has 0 saturated heterocycles. The number of halogens is 5. The molecule has 2 aromatic carbocycles.